The van der Waals surface area contributed by atoms with Crippen LogP contribution in [0.25, 0.3) is 111 Å². The van der Waals surface area contributed by atoms with E-state index in [4.69, 9.17) is 15.1 Å². The zero-order valence-electron chi connectivity index (χ0n) is 31.3. The lowest BCUT2D eigenvalue weighted by Gasteiger charge is -2.13. The number of aromatic nitrogens is 5. The fourth-order valence-electron chi connectivity index (χ4n) is 8.83. The molecule has 4 aromatic heterocycles. The van der Waals surface area contributed by atoms with E-state index in [0.717, 1.165) is 83.4 Å². The SMILES string of the molecule is c1ccc(-c2cc3c4ccccc4nc(-c4ccc(-c5ccc(-c6nc7ccccc7c7c6ccc6c7c7ccccc7n6-c6ccccc6)cc5)cc4)n3n2)cc1. The van der Waals surface area contributed by atoms with Crippen LogP contribution in [0.1, 0.15) is 0 Å². The molecule has 8 aromatic carbocycles. The van der Waals surface area contributed by atoms with Crippen LogP contribution in [0.15, 0.2) is 200 Å². The Kier molecular flexibility index (Phi) is 7.16. The molecule has 0 amide bonds. The maximum atomic E-state index is 5.32. The Bertz CT molecular complexity index is 3530. The first kappa shape index (κ1) is 32.4. The van der Waals surface area contributed by atoms with E-state index in [9.17, 15) is 0 Å². The number of pyridine rings is 1. The molecule has 5 heteroatoms. The number of fused-ring (bicyclic) bond motifs is 10. The van der Waals surface area contributed by atoms with Gasteiger partial charge in [-0.3, -0.25) is 0 Å². The molecule has 0 fully saturated rings. The van der Waals surface area contributed by atoms with Gasteiger partial charge in [-0.2, -0.15) is 5.10 Å². The first-order valence-electron chi connectivity index (χ1n) is 19.6. The van der Waals surface area contributed by atoms with Crippen molar-refractivity contribution in [3.8, 4) is 50.7 Å². The van der Waals surface area contributed by atoms with Crippen molar-refractivity contribution in [1.82, 2.24) is 24.1 Å². The largest absolute Gasteiger partial charge is 0.309 e. The van der Waals surface area contributed by atoms with Gasteiger partial charge in [-0.05, 0) is 53.6 Å². The van der Waals surface area contributed by atoms with Gasteiger partial charge >= 0.3 is 0 Å². The molecule has 0 bridgehead atoms. The molecule has 0 N–H and O–H groups in total. The van der Waals surface area contributed by atoms with Crippen LogP contribution in [-0.2, 0) is 0 Å². The van der Waals surface area contributed by atoms with E-state index in [2.05, 4.69) is 180 Å². The molecular weight excluding hydrogens is 707 g/mol. The summed E-state index contributed by atoms with van der Waals surface area (Å²) in [5.41, 5.74) is 13.8. The fourth-order valence-corrected chi connectivity index (χ4v) is 8.83. The highest BCUT2D eigenvalue weighted by molar-refractivity contribution is 6.29. The van der Waals surface area contributed by atoms with Crippen molar-refractivity contribution in [1.29, 1.82) is 0 Å². The lowest BCUT2D eigenvalue weighted by molar-refractivity contribution is 0.949. The summed E-state index contributed by atoms with van der Waals surface area (Å²) in [5, 5.41) is 12.2. The molecule has 12 aromatic rings. The van der Waals surface area contributed by atoms with Gasteiger partial charge in [-0.25, -0.2) is 14.5 Å². The van der Waals surface area contributed by atoms with Crippen LogP contribution in [0.4, 0.5) is 0 Å². The molecule has 0 saturated carbocycles. The van der Waals surface area contributed by atoms with E-state index in [1.54, 1.807) is 0 Å². The molecule has 0 radical (unpaired) electrons. The van der Waals surface area contributed by atoms with Gasteiger partial charge in [-0.1, -0.05) is 158 Å². The van der Waals surface area contributed by atoms with Crippen LogP contribution < -0.4 is 0 Å². The zero-order chi connectivity index (χ0) is 38.2. The quantitative estimate of drug-likeness (QED) is 0.165. The second-order valence-corrected chi connectivity index (χ2v) is 14.8. The van der Waals surface area contributed by atoms with E-state index < -0.39 is 0 Å². The lowest BCUT2D eigenvalue weighted by atomic mass is 9.95. The monoisotopic (exact) mass is 739 g/mol. The first-order valence-corrected chi connectivity index (χ1v) is 19.6. The van der Waals surface area contributed by atoms with Gasteiger partial charge in [0.15, 0.2) is 5.82 Å². The van der Waals surface area contributed by atoms with Crippen molar-refractivity contribution < 1.29 is 0 Å². The molecule has 12 rings (SSSR count). The smallest absolute Gasteiger partial charge is 0.161 e. The van der Waals surface area contributed by atoms with Crippen molar-refractivity contribution >= 4 is 59.9 Å². The topological polar surface area (TPSA) is 48.0 Å². The summed E-state index contributed by atoms with van der Waals surface area (Å²) in [6.45, 7) is 0. The van der Waals surface area contributed by atoms with Crippen molar-refractivity contribution in [2.24, 2.45) is 0 Å². The molecule has 58 heavy (non-hydrogen) atoms. The van der Waals surface area contributed by atoms with E-state index in [0.29, 0.717) is 0 Å². The van der Waals surface area contributed by atoms with Crippen LogP contribution >= 0.6 is 0 Å². The number of benzene rings is 8. The predicted octanol–water partition coefficient (Wildman–Crippen LogP) is 13.3. The van der Waals surface area contributed by atoms with E-state index in [1.165, 1.54) is 27.2 Å². The Morgan fingerprint density at radius 1 is 0.345 bits per heavy atom. The van der Waals surface area contributed by atoms with Gasteiger partial charge < -0.3 is 4.57 Å². The highest BCUT2D eigenvalue weighted by atomic mass is 15.3. The van der Waals surface area contributed by atoms with Crippen molar-refractivity contribution in [3.05, 3.63) is 200 Å². The maximum Gasteiger partial charge on any atom is 0.161 e. The van der Waals surface area contributed by atoms with Crippen molar-refractivity contribution in [2.75, 3.05) is 0 Å². The minimum atomic E-state index is 0.813. The summed E-state index contributed by atoms with van der Waals surface area (Å²) in [4.78, 5) is 10.4. The third-order valence-corrected chi connectivity index (χ3v) is 11.5. The van der Waals surface area contributed by atoms with E-state index in [-0.39, 0.29) is 0 Å². The predicted molar refractivity (Wildman–Crippen MR) is 239 cm³/mol. The summed E-state index contributed by atoms with van der Waals surface area (Å²) in [5.74, 6) is 0.813. The number of para-hydroxylation sites is 4. The van der Waals surface area contributed by atoms with Gasteiger partial charge in [0, 0.05) is 54.7 Å². The van der Waals surface area contributed by atoms with E-state index >= 15 is 0 Å². The molecule has 0 saturated heterocycles. The fraction of sp³-hybridized carbons (Fsp3) is 0. The minimum absolute atomic E-state index is 0.813. The summed E-state index contributed by atoms with van der Waals surface area (Å²) in [7, 11) is 0. The number of nitrogens with zero attached hydrogens (tertiary/aromatic N) is 5. The highest BCUT2D eigenvalue weighted by Gasteiger charge is 2.20. The standard InChI is InChI=1S/C53H33N5/c1-3-13-36(14-4-1)46-33-49-40-17-7-10-20-44(40)55-53(58(49)56-46)38-29-25-35(26-30-38)34-23-27-37(28-24-34)52-43-31-32-48-51(50(43)41-18-8-11-21-45(41)54-52)42-19-9-12-22-47(42)57(48)39-15-5-2-6-16-39/h1-33H. The van der Waals surface area contributed by atoms with E-state index in [1.807, 2.05) is 28.8 Å². The highest BCUT2D eigenvalue weighted by Crippen LogP contribution is 2.42. The third kappa shape index (κ3) is 5.00. The molecule has 0 spiro atoms. The molecule has 4 heterocycles. The molecule has 0 unspecified atom stereocenters. The maximum absolute atomic E-state index is 5.32. The Hall–Kier alpha value is -7.89. The van der Waals surface area contributed by atoms with Gasteiger partial charge in [0.2, 0.25) is 0 Å². The zero-order valence-corrected chi connectivity index (χ0v) is 31.3. The van der Waals surface area contributed by atoms with Crippen molar-refractivity contribution in [3.63, 3.8) is 0 Å². The van der Waals surface area contributed by atoms with Crippen LogP contribution in [0.3, 0.4) is 0 Å². The summed E-state index contributed by atoms with van der Waals surface area (Å²) >= 11 is 0. The summed E-state index contributed by atoms with van der Waals surface area (Å²) in [6, 6.07) is 70.7. The molecule has 270 valence electrons. The Balaban J connectivity index is 0.960. The second-order valence-electron chi connectivity index (χ2n) is 14.8. The molecule has 0 aliphatic carbocycles. The van der Waals surface area contributed by atoms with Gasteiger partial charge in [0.25, 0.3) is 0 Å². The molecule has 5 nitrogen and oxygen atoms in total. The number of hydrogen-bond donors (Lipinski definition) is 0. The molecule has 0 aliphatic rings. The summed E-state index contributed by atoms with van der Waals surface area (Å²) < 4.78 is 4.37. The first-order chi connectivity index (χ1) is 28.8. The van der Waals surface area contributed by atoms with Crippen LogP contribution in [0.2, 0.25) is 0 Å². The third-order valence-electron chi connectivity index (χ3n) is 11.5. The molecule has 0 aliphatic heterocycles. The Morgan fingerprint density at radius 2 is 0.931 bits per heavy atom. The minimum Gasteiger partial charge on any atom is -0.309 e. The lowest BCUT2D eigenvalue weighted by Crippen LogP contribution is -1.99. The van der Waals surface area contributed by atoms with Gasteiger partial charge in [0.1, 0.15) is 0 Å². The Morgan fingerprint density at radius 3 is 1.67 bits per heavy atom. The normalized spacial score (nSPS) is 11.8. The average molecular weight is 740 g/mol. The van der Waals surface area contributed by atoms with Crippen LogP contribution in [0, 0.1) is 0 Å². The van der Waals surface area contributed by atoms with Crippen LogP contribution in [0.5, 0.6) is 0 Å². The second kappa shape index (κ2) is 12.8. The molecular formula is C53H33N5. The van der Waals surface area contributed by atoms with Crippen LogP contribution in [-0.4, -0.2) is 24.1 Å². The summed E-state index contributed by atoms with van der Waals surface area (Å²) in [6.07, 6.45) is 0. The van der Waals surface area contributed by atoms with Gasteiger partial charge in [0.05, 0.1) is 39.0 Å². The number of hydrogen-bond acceptors (Lipinski definition) is 3. The average Bonchev–Trinajstić information content (AvgIpc) is 3.90. The van der Waals surface area contributed by atoms with Gasteiger partial charge in [-0.15, -0.1) is 0 Å². The molecule has 0 atom stereocenters. The number of rotatable bonds is 5. The Labute approximate surface area is 333 Å². The van der Waals surface area contributed by atoms with Crippen molar-refractivity contribution in [2.45, 2.75) is 0 Å².